The molecule has 4 heteroatoms. The Labute approximate surface area is 120 Å². The summed E-state index contributed by atoms with van der Waals surface area (Å²) in [6, 6.07) is 7.91. The molecule has 0 aliphatic heterocycles. The Morgan fingerprint density at radius 2 is 1.95 bits per heavy atom. The maximum Gasteiger partial charge on any atom is 0.237 e. The summed E-state index contributed by atoms with van der Waals surface area (Å²) in [5, 5.41) is 2.96. The van der Waals surface area contributed by atoms with Crippen molar-refractivity contribution in [2.24, 2.45) is 5.73 Å². The highest BCUT2D eigenvalue weighted by Crippen LogP contribution is 2.20. The van der Waals surface area contributed by atoms with Gasteiger partial charge in [-0.2, -0.15) is 0 Å². The van der Waals surface area contributed by atoms with Crippen LogP contribution in [0.1, 0.15) is 45.2 Å². The summed E-state index contributed by atoms with van der Waals surface area (Å²) < 4.78 is 0. The molecule has 0 radical (unpaired) electrons. The van der Waals surface area contributed by atoms with Crippen molar-refractivity contribution in [3.05, 3.63) is 29.8 Å². The zero-order chi connectivity index (χ0) is 14.3. The van der Waals surface area contributed by atoms with E-state index in [0.29, 0.717) is 0 Å². The molecule has 2 unspecified atom stereocenters. The standard InChI is InChI=1S/C15H24N2OS/c1-4-6-14(16)15(18)17-11(3)12-7-9-13(10-8-12)19-5-2/h7-11,14H,4-6,16H2,1-3H3,(H,17,18). The van der Waals surface area contributed by atoms with Gasteiger partial charge in [0.1, 0.15) is 0 Å². The highest BCUT2D eigenvalue weighted by molar-refractivity contribution is 7.99. The number of benzene rings is 1. The Morgan fingerprint density at radius 3 is 2.47 bits per heavy atom. The summed E-state index contributed by atoms with van der Waals surface area (Å²) in [6.45, 7) is 6.15. The van der Waals surface area contributed by atoms with Crippen LogP contribution in [0.4, 0.5) is 0 Å². The largest absolute Gasteiger partial charge is 0.348 e. The predicted molar refractivity (Wildman–Crippen MR) is 82.3 cm³/mol. The fraction of sp³-hybridized carbons (Fsp3) is 0.533. The van der Waals surface area contributed by atoms with Gasteiger partial charge in [0.05, 0.1) is 12.1 Å². The molecule has 2 atom stereocenters. The van der Waals surface area contributed by atoms with Crippen molar-refractivity contribution in [2.75, 3.05) is 5.75 Å². The van der Waals surface area contributed by atoms with Crippen LogP contribution in [0.15, 0.2) is 29.2 Å². The van der Waals surface area contributed by atoms with Crippen molar-refractivity contribution in [2.45, 2.75) is 50.6 Å². The second kappa shape index (κ2) is 8.23. The van der Waals surface area contributed by atoms with Crippen molar-refractivity contribution in [3.63, 3.8) is 0 Å². The van der Waals surface area contributed by atoms with E-state index in [4.69, 9.17) is 5.73 Å². The molecule has 1 amide bonds. The van der Waals surface area contributed by atoms with E-state index in [0.717, 1.165) is 24.2 Å². The lowest BCUT2D eigenvalue weighted by Gasteiger charge is -2.17. The molecule has 1 aromatic carbocycles. The van der Waals surface area contributed by atoms with E-state index >= 15 is 0 Å². The monoisotopic (exact) mass is 280 g/mol. The molecule has 0 aliphatic rings. The van der Waals surface area contributed by atoms with Crippen LogP contribution in [-0.2, 0) is 4.79 Å². The minimum atomic E-state index is -0.401. The molecule has 0 bridgehead atoms. The molecule has 0 aromatic heterocycles. The number of rotatable bonds is 7. The minimum absolute atomic E-state index is 0.00363. The van der Waals surface area contributed by atoms with E-state index in [-0.39, 0.29) is 11.9 Å². The second-order valence-corrected chi connectivity index (χ2v) is 5.96. The third-order valence-corrected chi connectivity index (χ3v) is 3.88. The van der Waals surface area contributed by atoms with E-state index < -0.39 is 6.04 Å². The summed E-state index contributed by atoms with van der Waals surface area (Å²) in [5.74, 6) is 0.999. The van der Waals surface area contributed by atoms with Crippen molar-refractivity contribution in [3.8, 4) is 0 Å². The van der Waals surface area contributed by atoms with Crippen molar-refractivity contribution < 1.29 is 4.79 Å². The van der Waals surface area contributed by atoms with Crippen LogP contribution in [0.2, 0.25) is 0 Å². The van der Waals surface area contributed by atoms with Crippen LogP contribution in [0, 0.1) is 0 Å². The van der Waals surface area contributed by atoms with E-state index in [2.05, 4.69) is 36.5 Å². The van der Waals surface area contributed by atoms with Crippen LogP contribution < -0.4 is 11.1 Å². The molecule has 1 rings (SSSR count). The fourth-order valence-electron chi connectivity index (χ4n) is 1.87. The minimum Gasteiger partial charge on any atom is -0.348 e. The zero-order valence-corrected chi connectivity index (χ0v) is 12.8. The van der Waals surface area contributed by atoms with Crippen molar-refractivity contribution in [1.82, 2.24) is 5.32 Å². The first kappa shape index (κ1) is 16.1. The molecule has 0 spiro atoms. The first-order chi connectivity index (χ1) is 9.08. The predicted octanol–water partition coefficient (Wildman–Crippen LogP) is 3.10. The Bertz CT molecular complexity index is 392. The molecule has 3 nitrogen and oxygen atoms in total. The first-order valence-corrected chi connectivity index (χ1v) is 7.85. The van der Waals surface area contributed by atoms with Gasteiger partial charge in [0.15, 0.2) is 0 Å². The van der Waals surface area contributed by atoms with Gasteiger partial charge in [0.25, 0.3) is 0 Å². The molecule has 0 saturated heterocycles. The molecular formula is C15H24N2OS. The number of carbonyl (C=O) groups excluding carboxylic acids is 1. The third kappa shape index (κ3) is 5.25. The number of nitrogens with two attached hydrogens (primary N) is 1. The lowest BCUT2D eigenvalue weighted by molar-refractivity contribution is -0.123. The van der Waals surface area contributed by atoms with E-state index in [1.807, 2.05) is 25.6 Å². The first-order valence-electron chi connectivity index (χ1n) is 6.87. The Kier molecular flexibility index (Phi) is 6.95. The zero-order valence-electron chi connectivity index (χ0n) is 12.0. The van der Waals surface area contributed by atoms with Gasteiger partial charge in [-0.15, -0.1) is 11.8 Å². The molecule has 0 heterocycles. The Morgan fingerprint density at radius 1 is 1.32 bits per heavy atom. The summed E-state index contributed by atoms with van der Waals surface area (Å²) in [6.07, 6.45) is 1.65. The number of thioether (sulfide) groups is 1. The van der Waals surface area contributed by atoms with Crippen LogP contribution in [-0.4, -0.2) is 17.7 Å². The van der Waals surface area contributed by atoms with Crippen LogP contribution in [0.25, 0.3) is 0 Å². The highest BCUT2D eigenvalue weighted by Gasteiger charge is 2.15. The second-order valence-electron chi connectivity index (χ2n) is 4.63. The molecule has 3 N–H and O–H groups in total. The van der Waals surface area contributed by atoms with Crippen molar-refractivity contribution >= 4 is 17.7 Å². The summed E-state index contributed by atoms with van der Waals surface area (Å²) in [5.41, 5.74) is 6.91. The number of hydrogen-bond donors (Lipinski definition) is 2. The quantitative estimate of drug-likeness (QED) is 0.755. The van der Waals surface area contributed by atoms with E-state index in [1.54, 1.807) is 0 Å². The molecule has 0 aliphatic carbocycles. The number of amides is 1. The van der Waals surface area contributed by atoms with Crippen LogP contribution in [0.3, 0.4) is 0 Å². The van der Waals surface area contributed by atoms with Crippen molar-refractivity contribution in [1.29, 1.82) is 0 Å². The summed E-state index contributed by atoms with van der Waals surface area (Å²) in [7, 11) is 0. The number of nitrogens with one attached hydrogen (secondary N) is 1. The van der Waals surface area contributed by atoms with E-state index in [1.165, 1.54) is 4.90 Å². The molecule has 1 aromatic rings. The third-order valence-electron chi connectivity index (χ3n) is 2.99. The normalized spacial score (nSPS) is 13.9. The fourth-order valence-corrected chi connectivity index (χ4v) is 2.53. The van der Waals surface area contributed by atoms with Gasteiger partial charge in [0.2, 0.25) is 5.91 Å². The molecular weight excluding hydrogens is 256 g/mol. The smallest absolute Gasteiger partial charge is 0.237 e. The average Bonchev–Trinajstić information content (AvgIpc) is 2.40. The summed E-state index contributed by atoms with van der Waals surface area (Å²) in [4.78, 5) is 13.1. The highest BCUT2D eigenvalue weighted by atomic mass is 32.2. The molecule has 106 valence electrons. The van der Waals surface area contributed by atoms with E-state index in [9.17, 15) is 4.79 Å². The Hall–Kier alpha value is -1.00. The Balaban J connectivity index is 2.57. The topological polar surface area (TPSA) is 55.1 Å². The summed E-state index contributed by atoms with van der Waals surface area (Å²) >= 11 is 1.81. The van der Waals surface area contributed by atoms with Gasteiger partial charge in [0, 0.05) is 4.90 Å². The number of hydrogen-bond acceptors (Lipinski definition) is 3. The van der Waals surface area contributed by atoms with Gasteiger partial charge >= 0.3 is 0 Å². The van der Waals surface area contributed by atoms with Gasteiger partial charge in [-0.05, 0) is 36.8 Å². The van der Waals surface area contributed by atoms with Gasteiger partial charge in [-0.1, -0.05) is 32.4 Å². The lowest BCUT2D eigenvalue weighted by atomic mass is 10.1. The lowest BCUT2D eigenvalue weighted by Crippen LogP contribution is -2.41. The van der Waals surface area contributed by atoms with Gasteiger partial charge < -0.3 is 11.1 Å². The molecule has 19 heavy (non-hydrogen) atoms. The maximum atomic E-state index is 11.8. The SMILES string of the molecule is CCCC(N)C(=O)NC(C)c1ccc(SCC)cc1. The van der Waals surface area contributed by atoms with Gasteiger partial charge in [-0.3, -0.25) is 4.79 Å². The molecule has 0 saturated carbocycles. The van der Waals surface area contributed by atoms with Crippen LogP contribution >= 0.6 is 11.8 Å². The van der Waals surface area contributed by atoms with Gasteiger partial charge in [-0.25, -0.2) is 0 Å². The number of carbonyl (C=O) groups is 1. The molecule has 0 fully saturated rings. The van der Waals surface area contributed by atoms with Crippen LogP contribution in [0.5, 0.6) is 0 Å². The average molecular weight is 280 g/mol. The maximum absolute atomic E-state index is 11.8.